The average Bonchev–Trinajstić information content (AvgIpc) is 3.05. The Morgan fingerprint density at radius 3 is 2.73 bits per heavy atom. The number of amides is 1. The van der Waals surface area contributed by atoms with E-state index in [9.17, 15) is 9.59 Å². The van der Waals surface area contributed by atoms with Crippen LogP contribution in [0, 0.1) is 0 Å². The molecule has 1 amide bonds. The van der Waals surface area contributed by atoms with Crippen LogP contribution in [0.2, 0.25) is 0 Å². The molecule has 1 aromatic heterocycles. The van der Waals surface area contributed by atoms with E-state index in [1.807, 2.05) is 18.4 Å². The van der Waals surface area contributed by atoms with Crippen molar-refractivity contribution in [3.05, 3.63) is 54.0 Å². The summed E-state index contributed by atoms with van der Waals surface area (Å²) in [5.74, 6) is -0.239. The van der Waals surface area contributed by atoms with Gasteiger partial charge in [-0.05, 0) is 37.4 Å². The zero-order valence-corrected chi connectivity index (χ0v) is 13.2. The summed E-state index contributed by atoms with van der Waals surface area (Å²) >= 11 is 1.45. The minimum absolute atomic E-state index is 0.259. The molecule has 0 spiro atoms. The van der Waals surface area contributed by atoms with E-state index in [1.54, 1.807) is 24.3 Å². The van der Waals surface area contributed by atoms with Crippen molar-refractivity contribution in [1.82, 2.24) is 5.32 Å². The summed E-state index contributed by atoms with van der Waals surface area (Å²) in [5, 5.41) is 2.66. The number of esters is 1. The Morgan fingerprint density at radius 1 is 1.27 bits per heavy atom. The number of carbonyl (C=O) groups is 2. The fraction of sp³-hybridized carbons (Fsp3) is 0.250. The van der Waals surface area contributed by atoms with Gasteiger partial charge in [-0.25, -0.2) is 4.79 Å². The van der Waals surface area contributed by atoms with Gasteiger partial charge >= 0.3 is 5.97 Å². The zero-order chi connectivity index (χ0) is 15.9. The van der Waals surface area contributed by atoms with E-state index < -0.39 is 12.1 Å². The van der Waals surface area contributed by atoms with Crippen LogP contribution in [0.25, 0.3) is 0 Å². The Balaban J connectivity index is 1.91. The van der Waals surface area contributed by atoms with E-state index in [0.29, 0.717) is 11.3 Å². The van der Waals surface area contributed by atoms with Gasteiger partial charge in [0.15, 0.2) is 6.10 Å². The number of rotatable bonds is 6. The van der Waals surface area contributed by atoms with Gasteiger partial charge in [-0.1, -0.05) is 12.1 Å². The molecule has 1 heterocycles. The van der Waals surface area contributed by atoms with E-state index in [2.05, 4.69) is 5.32 Å². The average molecular weight is 319 g/mol. The number of hydrogen-bond acceptors (Lipinski definition) is 5. The highest BCUT2D eigenvalue weighted by molar-refractivity contribution is 7.98. The summed E-state index contributed by atoms with van der Waals surface area (Å²) in [6.45, 7) is 1.80. The highest BCUT2D eigenvalue weighted by Crippen LogP contribution is 2.21. The van der Waals surface area contributed by atoms with E-state index in [0.717, 1.165) is 4.90 Å². The molecule has 2 rings (SSSR count). The molecule has 6 heteroatoms. The Bertz CT molecular complexity index is 639. The van der Waals surface area contributed by atoms with Crippen molar-refractivity contribution in [3.63, 3.8) is 0 Å². The number of carbonyl (C=O) groups excluding carboxylic acids is 2. The van der Waals surface area contributed by atoms with Crippen molar-refractivity contribution >= 4 is 23.6 Å². The first kappa shape index (κ1) is 16.2. The lowest BCUT2D eigenvalue weighted by Crippen LogP contribution is -2.35. The lowest BCUT2D eigenvalue weighted by molar-refractivity contribution is -0.129. The van der Waals surface area contributed by atoms with Crippen LogP contribution in [0.4, 0.5) is 0 Å². The van der Waals surface area contributed by atoms with Crippen molar-refractivity contribution < 1.29 is 18.7 Å². The molecular formula is C16H17NO4S. The third-order valence-electron chi connectivity index (χ3n) is 3.00. The smallest absolute Gasteiger partial charge is 0.340 e. The Hall–Kier alpha value is -2.21. The summed E-state index contributed by atoms with van der Waals surface area (Å²) in [7, 11) is 0. The van der Waals surface area contributed by atoms with Gasteiger partial charge in [0.05, 0.1) is 18.4 Å². The topological polar surface area (TPSA) is 68.5 Å². The van der Waals surface area contributed by atoms with Crippen LogP contribution < -0.4 is 5.32 Å². The molecule has 0 aliphatic heterocycles. The fourth-order valence-corrected chi connectivity index (χ4v) is 2.41. The van der Waals surface area contributed by atoms with Crippen molar-refractivity contribution in [2.24, 2.45) is 0 Å². The van der Waals surface area contributed by atoms with Crippen LogP contribution >= 0.6 is 11.8 Å². The second kappa shape index (κ2) is 7.70. The first-order valence-corrected chi connectivity index (χ1v) is 7.98. The second-order valence-corrected chi connectivity index (χ2v) is 5.39. The van der Waals surface area contributed by atoms with E-state index in [1.165, 1.54) is 24.9 Å². The van der Waals surface area contributed by atoms with Crippen molar-refractivity contribution in [1.29, 1.82) is 0 Å². The molecule has 0 unspecified atom stereocenters. The van der Waals surface area contributed by atoms with Gasteiger partial charge in [0, 0.05) is 4.90 Å². The molecule has 0 aliphatic carbocycles. The van der Waals surface area contributed by atoms with Crippen LogP contribution in [0.5, 0.6) is 0 Å². The number of thioether (sulfide) groups is 1. The van der Waals surface area contributed by atoms with Gasteiger partial charge in [-0.2, -0.15) is 0 Å². The first-order chi connectivity index (χ1) is 10.6. The number of benzene rings is 1. The molecule has 0 fully saturated rings. The van der Waals surface area contributed by atoms with Gasteiger partial charge in [0.25, 0.3) is 5.91 Å². The van der Waals surface area contributed by atoms with Crippen molar-refractivity contribution in [2.45, 2.75) is 24.5 Å². The molecule has 0 bridgehead atoms. The quantitative estimate of drug-likeness (QED) is 0.655. The lowest BCUT2D eigenvalue weighted by atomic mass is 10.2. The van der Waals surface area contributed by atoms with Crippen LogP contribution in [0.1, 0.15) is 23.0 Å². The second-order valence-electron chi connectivity index (χ2n) is 4.54. The molecule has 116 valence electrons. The molecule has 1 N–H and O–H groups in total. The molecule has 0 aliphatic rings. The molecule has 0 saturated heterocycles. The summed E-state index contributed by atoms with van der Waals surface area (Å²) in [5.41, 5.74) is 0.459. The minimum Gasteiger partial charge on any atom is -0.467 e. The van der Waals surface area contributed by atoms with Gasteiger partial charge in [0.1, 0.15) is 5.76 Å². The minimum atomic E-state index is -0.877. The lowest BCUT2D eigenvalue weighted by Gasteiger charge is -2.14. The van der Waals surface area contributed by atoms with Crippen molar-refractivity contribution in [2.75, 3.05) is 6.26 Å². The number of furan rings is 1. The summed E-state index contributed by atoms with van der Waals surface area (Å²) in [4.78, 5) is 24.9. The Labute approximate surface area is 133 Å². The molecule has 22 heavy (non-hydrogen) atoms. The molecule has 5 nitrogen and oxygen atoms in total. The summed E-state index contributed by atoms with van der Waals surface area (Å²) in [6.07, 6.45) is 2.54. The SMILES string of the molecule is CSc1ccccc1C(=O)O[C@@H](C)C(=O)NCc1ccco1. The predicted molar refractivity (Wildman–Crippen MR) is 83.7 cm³/mol. The summed E-state index contributed by atoms with van der Waals surface area (Å²) < 4.78 is 10.3. The molecule has 1 aromatic carbocycles. The normalized spacial score (nSPS) is 11.7. The molecule has 0 radical (unpaired) electrons. The number of ether oxygens (including phenoxy) is 1. The maximum atomic E-state index is 12.1. The zero-order valence-electron chi connectivity index (χ0n) is 12.4. The molecule has 1 atom stereocenters. The Kier molecular flexibility index (Phi) is 5.66. The first-order valence-electron chi connectivity index (χ1n) is 6.76. The summed E-state index contributed by atoms with van der Waals surface area (Å²) in [6, 6.07) is 10.6. The number of hydrogen-bond donors (Lipinski definition) is 1. The van der Waals surface area contributed by atoms with Crippen LogP contribution in [-0.4, -0.2) is 24.2 Å². The largest absolute Gasteiger partial charge is 0.467 e. The maximum Gasteiger partial charge on any atom is 0.340 e. The predicted octanol–water partition coefficient (Wildman–Crippen LogP) is 2.86. The number of nitrogens with one attached hydrogen (secondary N) is 1. The monoisotopic (exact) mass is 319 g/mol. The van der Waals surface area contributed by atoms with Crippen LogP contribution in [0.15, 0.2) is 52.0 Å². The van der Waals surface area contributed by atoms with Gasteiger partial charge in [-0.3, -0.25) is 4.79 Å². The molecular weight excluding hydrogens is 302 g/mol. The van der Waals surface area contributed by atoms with Gasteiger partial charge in [-0.15, -0.1) is 11.8 Å². The maximum absolute atomic E-state index is 12.1. The van der Waals surface area contributed by atoms with E-state index >= 15 is 0 Å². The van der Waals surface area contributed by atoms with Crippen LogP contribution in [0.3, 0.4) is 0 Å². The van der Waals surface area contributed by atoms with E-state index in [-0.39, 0.29) is 12.5 Å². The van der Waals surface area contributed by atoms with Crippen LogP contribution in [-0.2, 0) is 16.1 Å². The Morgan fingerprint density at radius 2 is 2.05 bits per heavy atom. The third kappa shape index (κ3) is 4.14. The highest BCUT2D eigenvalue weighted by Gasteiger charge is 2.20. The molecule has 2 aromatic rings. The van der Waals surface area contributed by atoms with E-state index in [4.69, 9.17) is 9.15 Å². The third-order valence-corrected chi connectivity index (χ3v) is 3.79. The van der Waals surface area contributed by atoms with Gasteiger partial charge < -0.3 is 14.5 Å². The van der Waals surface area contributed by atoms with Gasteiger partial charge in [0.2, 0.25) is 0 Å². The van der Waals surface area contributed by atoms with Crippen molar-refractivity contribution in [3.8, 4) is 0 Å². The fourth-order valence-electron chi connectivity index (χ4n) is 1.82. The molecule has 0 saturated carbocycles. The highest BCUT2D eigenvalue weighted by atomic mass is 32.2. The standard InChI is InChI=1S/C16H17NO4S/c1-11(15(18)17-10-12-6-5-9-20-12)21-16(19)13-7-3-4-8-14(13)22-2/h3-9,11H,10H2,1-2H3,(H,17,18)/t11-/m0/s1.